The molecule has 0 saturated carbocycles. The van der Waals surface area contributed by atoms with Crippen molar-refractivity contribution in [3.63, 3.8) is 0 Å². The second-order valence-corrected chi connectivity index (χ2v) is 0. The van der Waals surface area contributed by atoms with Gasteiger partial charge in [0.05, 0.1) is 0 Å². The van der Waals surface area contributed by atoms with E-state index >= 15 is 0 Å². The average molecular weight is 260 g/mol. The van der Waals surface area contributed by atoms with Crippen molar-refractivity contribution in [2.45, 2.75) is 0 Å². The van der Waals surface area contributed by atoms with Gasteiger partial charge in [-0.05, 0) is 0 Å². The Morgan fingerprint density at radius 2 is 1.33 bits per heavy atom. The van der Waals surface area contributed by atoms with Gasteiger partial charge < -0.3 is 4.28 Å². The summed E-state index contributed by atoms with van der Waals surface area (Å²) in [6, 6.07) is 0. The van der Waals surface area contributed by atoms with Crippen LogP contribution in [0.2, 0.25) is 0 Å². The second-order valence-electron chi connectivity index (χ2n) is 0. The molecule has 0 rings (SSSR count). The summed E-state index contributed by atoms with van der Waals surface area (Å²) < 4.78 is 8.26. The Bertz CT molecular complexity index is 23.8. The normalized spacial score (nSPS) is 0.667. The van der Waals surface area contributed by atoms with Gasteiger partial charge in [0, 0.05) is 33.6 Å². The van der Waals surface area contributed by atoms with Crippen LogP contribution in [0.4, 0.5) is 0 Å². The van der Waals surface area contributed by atoms with E-state index in [4.69, 9.17) is 3.40 Å². The Kier molecular flexibility index (Phi) is 276. The molecule has 0 N–H and O–H groups in total. The van der Waals surface area contributed by atoms with Crippen LogP contribution in [0.1, 0.15) is 4.28 Å². The first-order valence-electron chi connectivity index (χ1n) is 0.167. The molecule has 1 radical (unpaired) electrons. The van der Waals surface area contributed by atoms with Gasteiger partial charge in [0.2, 0.25) is 0 Å². The summed E-state index contributed by atoms with van der Waals surface area (Å²) >= 11 is 0.700. The summed E-state index contributed by atoms with van der Waals surface area (Å²) in [4.78, 5) is 0. The van der Waals surface area contributed by atoms with Gasteiger partial charge in [-0.25, -0.2) is 0 Å². The zero-order valence-corrected chi connectivity index (χ0v) is 8.81. The van der Waals surface area contributed by atoms with E-state index in [0.717, 1.165) is 0 Å². The summed E-state index contributed by atoms with van der Waals surface area (Å²) in [5, 5.41) is 0. The molecule has 0 heterocycles. The van der Waals surface area contributed by atoms with E-state index in [1.807, 2.05) is 0 Å². The molecule has 0 aromatic carbocycles. The molecule has 1 nitrogen and oxygen atoms in total. The molecule has 0 unspecified atom stereocenters. The van der Waals surface area contributed by atoms with Crippen molar-refractivity contribution in [1.82, 2.24) is 0 Å². The molecular formula is H3LiMgMnMoNiO. The van der Waals surface area contributed by atoms with Crippen LogP contribution in [0.5, 0.6) is 0 Å². The zero-order valence-electron chi connectivity index (χ0n) is 6.22. The Morgan fingerprint density at radius 1 is 1.33 bits per heavy atom. The molecule has 0 spiro atoms. The van der Waals surface area contributed by atoms with Gasteiger partial charge in [-0.1, -0.05) is 0 Å². The van der Waals surface area contributed by atoms with Crippen molar-refractivity contribution in [3.05, 3.63) is 0 Å². The molecular weight excluding hydrogens is 257 g/mol. The third-order valence-corrected chi connectivity index (χ3v) is 0. The van der Waals surface area contributed by atoms with Crippen molar-refractivity contribution < 1.29 is 79.9 Å². The van der Waals surface area contributed by atoms with Gasteiger partial charge in [-0.2, -0.15) is 0 Å². The van der Waals surface area contributed by atoms with Crippen molar-refractivity contribution in [3.8, 4) is 0 Å². The fraction of sp³-hybridized carbons (Fsp3) is 0. The predicted octanol–water partition coefficient (Wildman–Crippen LogP) is -3.17. The van der Waals surface area contributed by atoms with Gasteiger partial charge >= 0.3 is 65.1 Å². The number of hydrogen-bond donors (Lipinski definition) is 0. The summed E-state index contributed by atoms with van der Waals surface area (Å²) in [6.45, 7) is 0. The van der Waals surface area contributed by atoms with Crippen LogP contribution >= 0.6 is 0 Å². The van der Waals surface area contributed by atoms with Crippen LogP contribution in [-0.2, 0) is 56.7 Å². The SMILES string of the molecule is [H-].[H-].[H-].[Li+].[Mg+2].[Mn].[Ni].[O]=[Mo]. The summed E-state index contributed by atoms with van der Waals surface area (Å²) in [5.41, 5.74) is 0. The maximum atomic E-state index is 8.26. The standard InChI is InChI=1S/Li.Mg.Mn.Mo.Ni.O.3H/q+1;+2;;;;;3*-1. The van der Waals surface area contributed by atoms with Crippen molar-refractivity contribution >= 4 is 23.1 Å². The fourth-order valence-electron chi connectivity index (χ4n) is 0. The summed E-state index contributed by atoms with van der Waals surface area (Å²) in [7, 11) is 0. The van der Waals surface area contributed by atoms with E-state index in [1.165, 1.54) is 0 Å². The first-order chi connectivity index (χ1) is 1.00. The predicted molar refractivity (Wildman–Crippen MR) is 9.78 cm³/mol. The van der Waals surface area contributed by atoms with E-state index in [9.17, 15) is 0 Å². The minimum absolute atomic E-state index is 0. The van der Waals surface area contributed by atoms with Gasteiger partial charge in [-0.3, -0.25) is 0 Å². The number of rotatable bonds is 0. The monoisotopic (exact) mass is 261 g/mol. The second kappa shape index (κ2) is 45.2. The van der Waals surface area contributed by atoms with Crippen molar-refractivity contribution in [2.24, 2.45) is 0 Å². The van der Waals surface area contributed by atoms with Crippen molar-refractivity contribution in [1.29, 1.82) is 0 Å². The van der Waals surface area contributed by atoms with Crippen LogP contribution in [-0.4, -0.2) is 23.1 Å². The van der Waals surface area contributed by atoms with Crippen LogP contribution in [0.15, 0.2) is 0 Å². The van der Waals surface area contributed by atoms with Crippen LogP contribution < -0.4 is 18.9 Å². The third-order valence-electron chi connectivity index (χ3n) is 0. The van der Waals surface area contributed by atoms with Crippen LogP contribution in [0.25, 0.3) is 0 Å². The van der Waals surface area contributed by atoms with E-state index in [2.05, 4.69) is 0 Å². The molecule has 0 aromatic rings. The summed E-state index contributed by atoms with van der Waals surface area (Å²) in [5.74, 6) is 0. The first-order valence-corrected chi connectivity index (χ1v) is 0.986. The Hall–Kier alpha value is 2.86. The summed E-state index contributed by atoms with van der Waals surface area (Å²) in [6.07, 6.45) is 0. The molecule has 0 amide bonds. The Morgan fingerprint density at radius 3 is 1.33 bits per heavy atom. The Labute approximate surface area is 102 Å². The molecule has 0 aliphatic rings. The van der Waals surface area contributed by atoms with E-state index < -0.39 is 0 Å². The molecule has 6 heavy (non-hydrogen) atoms. The van der Waals surface area contributed by atoms with Crippen LogP contribution in [0, 0.1) is 0 Å². The number of hydrogen-bond acceptors (Lipinski definition) is 1. The molecule has 6 heteroatoms. The van der Waals surface area contributed by atoms with Gasteiger partial charge in [0.15, 0.2) is 0 Å². The molecule has 0 bridgehead atoms. The van der Waals surface area contributed by atoms with E-state index in [-0.39, 0.29) is 79.8 Å². The van der Waals surface area contributed by atoms with Gasteiger partial charge in [-0.15, -0.1) is 0 Å². The molecule has 0 aliphatic heterocycles. The topological polar surface area (TPSA) is 17.1 Å². The minimum atomic E-state index is 0. The van der Waals surface area contributed by atoms with Crippen LogP contribution in [0.3, 0.4) is 0 Å². The molecule has 0 fully saturated rings. The Balaban J connectivity index is -0.000000000238. The van der Waals surface area contributed by atoms with Gasteiger partial charge in [0.1, 0.15) is 0 Å². The maximum absolute atomic E-state index is 8.26. The molecule has 35 valence electrons. The fourth-order valence-corrected chi connectivity index (χ4v) is 0. The third kappa shape index (κ3) is 28.8. The molecule has 0 atom stereocenters. The van der Waals surface area contributed by atoms with Gasteiger partial charge in [0.25, 0.3) is 0 Å². The first kappa shape index (κ1) is 36.7. The van der Waals surface area contributed by atoms with E-state index in [1.54, 1.807) is 0 Å². The van der Waals surface area contributed by atoms with E-state index in [0.29, 0.717) is 19.8 Å². The molecule has 0 aliphatic carbocycles. The average Bonchev–Trinajstić information content (AvgIpc) is 1.00. The molecule has 0 saturated heterocycles. The zero-order chi connectivity index (χ0) is 2.00. The van der Waals surface area contributed by atoms with Crippen molar-refractivity contribution in [2.75, 3.05) is 0 Å². The molecule has 0 aromatic heterocycles. The quantitative estimate of drug-likeness (QED) is 0.420.